The Hall–Kier alpha value is -1.09. The third-order valence-corrected chi connectivity index (χ3v) is 3.99. The Morgan fingerprint density at radius 1 is 1.48 bits per heavy atom. The van der Waals surface area contributed by atoms with Crippen molar-refractivity contribution in [2.45, 2.75) is 56.2 Å². The number of amides is 1. The van der Waals surface area contributed by atoms with E-state index in [0.29, 0.717) is 5.17 Å². The highest BCUT2D eigenvalue weighted by atomic mass is 32.2. The summed E-state index contributed by atoms with van der Waals surface area (Å²) in [6, 6.07) is -0.633. The maximum atomic E-state index is 11.7. The van der Waals surface area contributed by atoms with E-state index in [4.69, 9.17) is 9.47 Å². The van der Waals surface area contributed by atoms with Gasteiger partial charge in [0.1, 0.15) is 35.4 Å². The first-order chi connectivity index (χ1) is 9.71. The van der Waals surface area contributed by atoms with Crippen LogP contribution in [-0.2, 0) is 9.47 Å². The highest BCUT2D eigenvalue weighted by Crippen LogP contribution is 2.36. The van der Waals surface area contributed by atoms with Gasteiger partial charge in [-0.05, 0) is 20.8 Å². The monoisotopic (exact) mass is 316 g/mol. The molecule has 0 aromatic carbocycles. The second-order valence-corrected chi connectivity index (χ2v) is 6.94. The number of hydrogen-bond donors (Lipinski definition) is 3. The number of fused-ring (bicyclic) bond motifs is 1. The van der Waals surface area contributed by atoms with Gasteiger partial charge in [-0.25, -0.2) is 4.79 Å². The van der Waals surface area contributed by atoms with Crippen molar-refractivity contribution in [1.82, 2.24) is 5.32 Å². The lowest BCUT2D eigenvalue weighted by molar-refractivity contribution is -0.135. The summed E-state index contributed by atoms with van der Waals surface area (Å²) in [5, 5.41) is 22.7. The molecule has 0 unspecified atom stereocenters. The zero-order valence-corrected chi connectivity index (χ0v) is 13.0. The van der Waals surface area contributed by atoms with Crippen molar-refractivity contribution in [3.8, 4) is 0 Å². The Morgan fingerprint density at radius 3 is 2.71 bits per heavy atom. The normalized spacial score (nSPS) is 35.7. The van der Waals surface area contributed by atoms with Crippen LogP contribution in [0.1, 0.15) is 20.8 Å². The first kappa shape index (κ1) is 16.3. The van der Waals surface area contributed by atoms with Gasteiger partial charge in [-0.2, -0.15) is 0 Å². The standard InChI is InChI=1S/C13H20N2O5S/c1-5-6-8(16)9(17)7-10(19-6)21-11(14-7)15-12(18)20-13(2,3)4/h5-10,16-17H,1H2,2-4H3,(H,14,15,18)/t6-,7-,8-,9-,10-/m1/s1. The summed E-state index contributed by atoms with van der Waals surface area (Å²) >= 11 is 1.17. The Morgan fingerprint density at radius 2 is 2.14 bits per heavy atom. The first-order valence-electron chi connectivity index (χ1n) is 6.60. The van der Waals surface area contributed by atoms with E-state index in [1.165, 1.54) is 17.8 Å². The van der Waals surface area contributed by atoms with Gasteiger partial charge in [-0.3, -0.25) is 10.3 Å². The van der Waals surface area contributed by atoms with Gasteiger partial charge in [0.15, 0.2) is 5.17 Å². The maximum Gasteiger partial charge on any atom is 0.413 e. The van der Waals surface area contributed by atoms with Crippen LogP contribution in [-0.4, -0.2) is 56.9 Å². The predicted molar refractivity (Wildman–Crippen MR) is 79.1 cm³/mol. The largest absolute Gasteiger partial charge is 0.444 e. The van der Waals surface area contributed by atoms with Crippen LogP contribution in [0.2, 0.25) is 0 Å². The fourth-order valence-electron chi connectivity index (χ4n) is 2.03. The minimum Gasteiger partial charge on any atom is -0.444 e. The van der Waals surface area contributed by atoms with Crippen molar-refractivity contribution in [3.63, 3.8) is 0 Å². The second kappa shape index (κ2) is 5.96. The molecule has 0 saturated carbocycles. The molecule has 2 aliphatic rings. The second-order valence-electron chi connectivity index (χ2n) is 5.86. The third kappa shape index (κ3) is 3.76. The molecule has 3 N–H and O–H groups in total. The predicted octanol–water partition coefficient (Wildman–Crippen LogP) is 0.615. The van der Waals surface area contributed by atoms with Gasteiger partial charge in [0.2, 0.25) is 0 Å². The van der Waals surface area contributed by atoms with Gasteiger partial charge < -0.3 is 19.7 Å². The molecule has 1 saturated heterocycles. The van der Waals surface area contributed by atoms with E-state index in [-0.39, 0.29) is 0 Å². The number of carbonyl (C=O) groups excluding carboxylic acids is 1. The molecule has 0 radical (unpaired) electrons. The van der Waals surface area contributed by atoms with Crippen molar-refractivity contribution in [2.75, 3.05) is 0 Å². The molecule has 0 aliphatic carbocycles. The lowest BCUT2D eigenvalue weighted by Crippen LogP contribution is -2.53. The molecule has 5 atom stereocenters. The summed E-state index contributed by atoms with van der Waals surface area (Å²) in [4.78, 5) is 15.9. The van der Waals surface area contributed by atoms with Gasteiger partial charge >= 0.3 is 6.09 Å². The third-order valence-electron chi connectivity index (χ3n) is 2.94. The van der Waals surface area contributed by atoms with Crippen LogP contribution in [0.5, 0.6) is 0 Å². The SMILES string of the molecule is C=C[C@H]1O[C@@H]2SC(NC(=O)OC(C)(C)C)=N[C@@H]2[C@@H](O)[C@@H]1O. The molecule has 2 aliphatic heterocycles. The Bertz CT molecular complexity index is 462. The van der Waals surface area contributed by atoms with E-state index in [0.717, 1.165) is 0 Å². The van der Waals surface area contributed by atoms with Crippen LogP contribution in [0.25, 0.3) is 0 Å². The first-order valence-corrected chi connectivity index (χ1v) is 7.48. The van der Waals surface area contributed by atoms with Crippen molar-refractivity contribution in [1.29, 1.82) is 0 Å². The van der Waals surface area contributed by atoms with Gasteiger partial charge in [0, 0.05) is 0 Å². The maximum absolute atomic E-state index is 11.7. The fourth-order valence-corrected chi connectivity index (χ4v) is 3.12. The van der Waals surface area contributed by atoms with Gasteiger partial charge in [0.05, 0.1) is 0 Å². The smallest absolute Gasteiger partial charge is 0.413 e. The van der Waals surface area contributed by atoms with E-state index >= 15 is 0 Å². The van der Waals surface area contributed by atoms with Crippen molar-refractivity contribution >= 4 is 23.0 Å². The van der Waals surface area contributed by atoms with Gasteiger partial charge in [-0.1, -0.05) is 17.8 Å². The number of ether oxygens (including phenoxy) is 2. The van der Waals surface area contributed by atoms with Crippen LogP contribution in [0, 0.1) is 0 Å². The molecule has 7 nitrogen and oxygen atoms in total. The zero-order chi connectivity index (χ0) is 15.8. The molecule has 0 aromatic rings. The van der Waals surface area contributed by atoms with Crippen LogP contribution in [0.3, 0.4) is 0 Å². The summed E-state index contributed by atoms with van der Waals surface area (Å²) < 4.78 is 10.7. The molecule has 0 aromatic heterocycles. The van der Waals surface area contributed by atoms with E-state index in [1.54, 1.807) is 20.8 Å². The summed E-state index contributed by atoms with van der Waals surface area (Å²) in [5.41, 5.74) is -1.09. The molecular weight excluding hydrogens is 296 g/mol. The lowest BCUT2D eigenvalue weighted by atomic mass is 9.98. The molecule has 2 heterocycles. The number of aliphatic imine (C=N–C) groups is 1. The van der Waals surface area contributed by atoms with E-state index < -0.39 is 41.5 Å². The molecule has 0 spiro atoms. The van der Waals surface area contributed by atoms with Crippen LogP contribution >= 0.6 is 11.8 Å². The molecule has 2 rings (SSSR count). The molecule has 21 heavy (non-hydrogen) atoms. The Labute approximate surface area is 127 Å². The number of aliphatic hydroxyl groups excluding tert-OH is 2. The number of amidine groups is 1. The van der Waals surface area contributed by atoms with Crippen LogP contribution < -0.4 is 5.32 Å². The highest BCUT2D eigenvalue weighted by molar-refractivity contribution is 8.14. The molecular formula is C13H20N2O5S. The van der Waals surface area contributed by atoms with Crippen molar-refractivity contribution in [2.24, 2.45) is 4.99 Å². The summed E-state index contributed by atoms with van der Waals surface area (Å²) in [7, 11) is 0. The average Bonchev–Trinajstić information content (AvgIpc) is 2.74. The number of aliphatic hydroxyl groups is 2. The van der Waals surface area contributed by atoms with Gasteiger partial charge in [-0.15, -0.1) is 6.58 Å². The number of hydrogen-bond acceptors (Lipinski definition) is 7. The minimum atomic E-state index is -1.09. The molecule has 118 valence electrons. The molecule has 1 amide bonds. The van der Waals surface area contributed by atoms with Crippen molar-refractivity contribution < 1.29 is 24.5 Å². The number of alkyl carbamates (subject to hydrolysis) is 1. The number of carbonyl (C=O) groups is 1. The quantitative estimate of drug-likeness (QED) is 0.613. The highest BCUT2D eigenvalue weighted by Gasteiger charge is 2.47. The number of nitrogens with zero attached hydrogens (tertiary/aromatic N) is 1. The average molecular weight is 316 g/mol. The Balaban J connectivity index is 2.00. The van der Waals surface area contributed by atoms with Crippen LogP contribution in [0.4, 0.5) is 4.79 Å². The number of nitrogens with one attached hydrogen (secondary N) is 1. The molecule has 0 bridgehead atoms. The number of rotatable bonds is 1. The van der Waals surface area contributed by atoms with E-state index in [9.17, 15) is 15.0 Å². The topological polar surface area (TPSA) is 100 Å². The molecule has 8 heteroatoms. The van der Waals surface area contributed by atoms with E-state index in [1.807, 2.05) is 0 Å². The zero-order valence-electron chi connectivity index (χ0n) is 12.1. The summed E-state index contributed by atoms with van der Waals surface area (Å²) in [5.74, 6) is 0. The lowest BCUT2D eigenvalue weighted by Gasteiger charge is -2.36. The summed E-state index contributed by atoms with van der Waals surface area (Å²) in [6.07, 6.45) is -2.01. The van der Waals surface area contributed by atoms with Gasteiger partial charge in [0.25, 0.3) is 0 Å². The van der Waals surface area contributed by atoms with E-state index in [2.05, 4.69) is 16.9 Å². The summed E-state index contributed by atoms with van der Waals surface area (Å²) in [6.45, 7) is 8.83. The number of thioether (sulfide) groups is 1. The molecule has 1 fully saturated rings. The van der Waals surface area contributed by atoms with Crippen molar-refractivity contribution in [3.05, 3.63) is 12.7 Å². The fraction of sp³-hybridized carbons (Fsp3) is 0.692. The Kier molecular flexibility index (Phi) is 4.62. The van der Waals surface area contributed by atoms with Crippen LogP contribution in [0.15, 0.2) is 17.6 Å². The minimum absolute atomic E-state index is 0.301.